The molecule has 3 amide bonds. The van der Waals surface area contributed by atoms with E-state index < -0.39 is 11.9 Å². The number of halogens is 1. The molecule has 0 radical (unpaired) electrons. The summed E-state index contributed by atoms with van der Waals surface area (Å²) in [7, 11) is 0. The fraction of sp³-hybridized carbons (Fsp3) is 0.0500. The second kappa shape index (κ2) is 9.38. The smallest absolute Gasteiger partial charge is 0.337 e. The summed E-state index contributed by atoms with van der Waals surface area (Å²) >= 11 is 5.80. The monoisotopic (exact) mass is 396 g/mol. The van der Waals surface area contributed by atoms with E-state index in [4.69, 9.17) is 16.3 Å². The molecule has 0 saturated carbocycles. The van der Waals surface area contributed by atoms with E-state index in [2.05, 4.69) is 21.2 Å². The first kappa shape index (κ1) is 19.2. The van der Waals surface area contributed by atoms with Crippen LogP contribution in [0.15, 0.2) is 73.1 Å². The molecular weight excluding hydrogens is 380 g/mol. The summed E-state index contributed by atoms with van der Waals surface area (Å²) < 4.78 is 5.73. The van der Waals surface area contributed by atoms with Crippen LogP contribution in [0, 0.1) is 0 Å². The SMILES string of the molecule is O=C(NNC(=O)c1ccccc1OCc1ccncc1)Nc1ccc(Cl)cc1. The van der Waals surface area contributed by atoms with Crippen LogP contribution in [0.25, 0.3) is 0 Å². The number of rotatable bonds is 5. The van der Waals surface area contributed by atoms with Crippen molar-refractivity contribution in [3.63, 3.8) is 0 Å². The zero-order valence-corrected chi connectivity index (χ0v) is 15.4. The van der Waals surface area contributed by atoms with Crippen LogP contribution in [0.3, 0.4) is 0 Å². The van der Waals surface area contributed by atoms with E-state index >= 15 is 0 Å². The van der Waals surface area contributed by atoms with Crippen LogP contribution in [0.2, 0.25) is 5.02 Å². The summed E-state index contributed by atoms with van der Waals surface area (Å²) in [5.41, 5.74) is 6.41. The second-order valence-corrected chi connectivity index (χ2v) is 6.12. The average Bonchev–Trinajstić information content (AvgIpc) is 2.73. The van der Waals surface area contributed by atoms with Gasteiger partial charge in [-0.1, -0.05) is 23.7 Å². The van der Waals surface area contributed by atoms with Crippen LogP contribution in [0.5, 0.6) is 5.75 Å². The van der Waals surface area contributed by atoms with Gasteiger partial charge in [-0.3, -0.25) is 15.2 Å². The molecule has 0 atom stereocenters. The number of urea groups is 1. The molecule has 3 aromatic rings. The van der Waals surface area contributed by atoms with E-state index in [0.29, 0.717) is 22.0 Å². The molecule has 0 fully saturated rings. The molecule has 142 valence electrons. The molecule has 0 aliphatic heterocycles. The lowest BCUT2D eigenvalue weighted by Gasteiger charge is -2.13. The van der Waals surface area contributed by atoms with E-state index in [1.54, 1.807) is 60.9 Å². The molecule has 0 aliphatic carbocycles. The van der Waals surface area contributed by atoms with Gasteiger partial charge in [0.25, 0.3) is 5.91 Å². The van der Waals surface area contributed by atoms with Gasteiger partial charge in [0.05, 0.1) is 5.56 Å². The summed E-state index contributed by atoms with van der Waals surface area (Å²) in [4.78, 5) is 28.3. The minimum absolute atomic E-state index is 0.289. The highest BCUT2D eigenvalue weighted by molar-refractivity contribution is 6.30. The zero-order chi connectivity index (χ0) is 19.8. The number of benzene rings is 2. The molecule has 7 nitrogen and oxygen atoms in total. The van der Waals surface area contributed by atoms with Gasteiger partial charge in [0.1, 0.15) is 12.4 Å². The van der Waals surface area contributed by atoms with Crippen molar-refractivity contribution in [2.24, 2.45) is 0 Å². The standard InChI is InChI=1S/C20H17ClN4O3/c21-15-5-7-16(8-6-15)23-20(27)25-24-19(26)17-3-1-2-4-18(17)28-13-14-9-11-22-12-10-14/h1-12H,13H2,(H,24,26)(H2,23,25,27). The Hall–Kier alpha value is -3.58. The van der Waals surface area contributed by atoms with Gasteiger partial charge in [0.2, 0.25) is 0 Å². The lowest BCUT2D eigenvalue weighted by Crippen LogP contribution is -2.44. The second-order valence-electron chi connectivity index (χ2n) is 5.68. The van der Waals surface area contributed by atoms with E-state index in [-0.39, 0.29) is 6.61 Å². The van der Waals surface area contributed by atoms with Crippen LogP contribution in [-0.4, -0.2) is 16.9 Å². The molecule has 8 heteroatoms. The molecule has 0 spiro atoms. The predicted octanol–water partition coefficient (Wildman–Crippen LogP) is 3.78. The lowest BCUT2D eigenvalue weighted by atomic mass is 10.2. The third kappa shape index (κ3) is 5.46. The molecule has 0 unspecified atom stereocenters. The van der Waals surface area contributed by atoms with Crippen molar-refractivity contribution in [3.8, 4) is 5.75 Å². The van der Waals surface area contributed by atoms with Crippen LogP contribution in [-0.2, 0) is 6.61 Å². The van der Waals surface area contributed by atoms with Gasteiger partial charge in [-0.05, 0) is 54.1 Å². The number of hydrazine groups is 1. The number of hydrogen-bond donors (Lipinski definition) is 3. The molecule has 0 bridgehead atoms. The highest BCUT2D eigenvalue weighted by Gasteiger charge is 2.13. The maximum absolute atomic E-state index is 12.4. The Morgan fingerprint density at radius 1 is 0.929 bits per heavy atom. The van der Waals surface area contributed by atoms with Gasteiger partial charge in [-0.2, -0.15) is 0 Å². The topological polar surface area (TPSA) is 92.4 Å². The Kier molecular flexibility index (Phi) is 6.43. The average molecular weight is 397 g/mol. The summed E-state index contributed by atoms with van der Waals surface area (Å²) in [5.74, 6) is -0.103. The van der Waals surface area contributed by atoms with Crippen molar-refractivity contribution in [1.29, 1.82) is 0 Å². The molecular formula is C20H17ClN4O3. The van der Waals surface area contributed by atoms with Crippen LogP contribution >= 0.6 is 11.6 Å². The first-order chi connectivity index (χ1) is 13.6. The highest BCUT2D eigenvalue weighted by Crippen LogP contribution is 2.19. The number of pyridine rings is 1. The fourth-order valence-electron chi connectivity index (χ4n) is 2.30. The Bertz CT molecular complexity index is 949. The first-order valence-corrected chi connectivity index (χ1v) is 8.73. The Morgan fingerprint density at radius 2 is 1.64 bits per heavy atom. The molecule has 3 rings (SSSR count). The third-order valence-electron chi connectivity index (χ3n) is 3.67. The summed E-state index contributed by atoms with van der Waals surface area (Å²) in [6.45, 7) is 0.289. The Labute approximate surface area is 166 Å². The van der Waals surface area contributed by atoms with Crippen LogP contribution in [0.4, 0.5) is 10.5 Å². The maximum atomic E-state index is 12.4. The van der Waals surface area contributed by atoms with Crippen LogP contribution < -0.4 is 20.9 Å². The molecule has 2 aromatic carbocycles. The number of ether oxygens (including phenoxy) is 1. The summed E-state index contributed by atoms with van der Waals surface area (Å²) in [6, 6.07) is 16.4. The number of anilines is 1. The fourth-order valence-corrected chi connectivity index (χ4v) is 2.42. The van der Waals surface area contributed by atoms with Crippen molar-refractivity contribution >= 4 is 29.2 Å². The van der Waals surface area contributed by atoms with Crippen molar-refractivity contribution in [3.05, 3.63) is 89.2 Å². The number of aromatic nitrogens is 1. The molecule has 3 N–H and O–H groups in total. The summed E-state index contributed by atoms with van der Waals surface area (Å²) in [6.07, 6.45) is 3.33. The molecule has 0 aliphatic rings. The van der Waals surface area contributed by atoms with E-state index in [0.717, 1.165) is 5.56 Å². The number of hydrogen-bond acceptors (Lipinski definition) is 4. The molecule has 1 heterocycles. The number of para-hydroxylation sites is 1. The number of amides is 3. The largest absolute Gasteiger partial charge is 0.488 e. The molecule has 1 aromatic heterocycles. The van der Waals surface area contributed by atoms with Crippen LogP contribution in [0.1, 0.15) is 15.9 Å². The summed E-state index contributed by atoms with van der Waals surface area (Å²) in [5, 5.41) is 3.13. The Balaban J connectivity index is 1.56. The highest BCUT2D eigenvalue weighted by atomic mass is 35.5. The van der Waals surface area contributed by atoms with E-state index in [9.17, 15) is 9.59 Å². The van der Waals surface area contributed by atoms with Gasteiger partial charge in [0, 0.05) is 23.1 Å². The van der Waals surface area contributed by atoms with Crippen molar-refractivity contribution in [1.82, 2.24) is 15.8 Å². The lowest BCUT2D eigenvalue weighted by molar-refractivity contribution is 0.0933. The van der Waals surface area contributed by atoms with Gasteiger partial charge < -0.3 is 10.1 Å². The van der Waals surface area contributed by atoms with Gasteiger partial charge in [-0.25, -0.2) is 10.2 Å². The van der Waals surface area contributed by atoms with Gasteiger partial charge in [0.15, 0.2) is 0 Å². The Morgan fingerprint density at radius 3 is 2.39 bits per heavy atom. The van der Waals surface area contributed by atoms with Crippen molar-refractivity contribution in [2.75, 3.05) is 5.32 Å². The zero-order valence-electron chi connectivity index (χ0n) is 14.7. The number of carbonyl (C=O) groups excluding carboxylic acids is 2. The minimum atomic E-state index is -0.592. The van der Waals surface area contributed by atoms with Gasteiger partial charge in [-0.15, -0.1) is 0 Å². The quantitative estimate of drug-likeness (QED) is 0.572. The third-order valence-corrected chi connectivity index (χ3v) is 3.92. The van der Waals surface area contributed by atoms with Crippen molar-refractivity contribution in [2.45, 2.75) is 6.61 Å². The van der Waals surface area contributed by atoms with E-state index in [1.807, 2.05) is 12.1 Å². The number of carbonyl (C=O) groups is 2. The minimum Gasteiger partial charge on any atom is -0.488 e. The number of nitrogens with one attached hydrogen (secondary N) is 3. The molecule has 28 heavy (non-hydrogen) atoms. The van der Waals surface area contributed by atoms with E-state index in [1.165, 1.54) is 0 Å². The normalized spacial score (nSPS) is 10.0. The predicted molar refractivity (Wildman–Crippen MR) is 106 cm³/mol. The number of nitrogens with zero attached hydrogens (tertiary/aromatic N) is 1. The maximum Gasteiger partial charge on any atom is 0.337 e. The van der Waals surface area contributed by atoms with Crippen molar-refractivity contribution < 1.29 is 14.3 Å². The first-order valence-electron chi connectivity index (χ1n) is 8.35. The van der Waals surface area contributed by atoms with Gasteiger partial charge >= 0.3 is 6.03 Å². The molecule has 0 saturated heterocycles.